The summed E-state index contributed by atoms with van der Waals surface area (Å²) in [6, 6.07) is 0. The highest BCUT2D eigenvalue weighted by atomic mass is 16.2. The van der Waals surface area contributed by atoms with E-state index in [1.54, 1.807) is 6.92 Å². The molecule has 4 N–H and O–H groups in total. The van der Waals surface area contributed by atoms with Gasteiger partial charge in [0.25, 0.3) is 0 Å². The molecule has 1 atom stereocenters. The largest absolute Gasteiger partial charge is 0.321 e. The number of nitrogens with zero attached hydrogens (tertiary/aromatic N) is 1. The second-order valence-electron chi connectivity index (χ2n) is 4.43. The van der Waals surface area contributed by atoms with Gasteiger partial charge >= 0.3 is 0 Å². The lowest BCUT2D eigenvalue weighted by atomic mass is 9.96. The summed E-state index contributed by atoms with van der Waals surface area (Å²) in [6.07, 6.45) is 1.54. The van der Waals surface area contributed by atoms with Crippen LogP contribution in [-0.2, 0) is 4.79 Å². The van der Waals surface area contributed by atoms with Gasteiger partial charge in [-0.15, -0.1) is 0 Å². The van der Waals surface area contributed by atoms with Gasteiger partial charge in [0.05, 0.1) is 22.6 Å². The number of nitrogens with two attached hydrogens (primary N) is 1. The highest BCUT2D eigenvalue weighted by Gasteiger charge is 2.28. The summed E-state index contributed by atoms with van der Waals surface area (Å²) in [6.45, 7) is 7.46. The quantitative estimate of drug-likeness (QED) is 0.724. The maximum absolute atomic E-state index is 11.9. The van der Waals surface area contributed by atoms with E-state index < -0.39 is 5.54 Å². The van der Waals surface area contributed by atoms with E-state index in [1.807, 2.05) is 20.8 Å². The van der Waals surface area contributed by atoms with E-state index in [-0.39, 0.29) is 5.91 Å². The zero-order chi connectivity index (χ0) is 12.3. The van der Waals surface area contributed by atoms with E-state index in [4.69, 9.17) is 5.73 Å². The molecule has 1 heterocycles. The molecule has 1 rings (SSSR count). The molecule has 0 spiro atoms. The molecule has 0 aliphatic rings. The maximum atomic E-state index is 11.9. The van der Waals surface area contributed by atoms with Crippen LogP contribution in [0.15, 0.2) is 0 Å². The standard InChI is InChI=1S/C11H20N4O/c1-5-6-11(4,12)10(16)13-9-7(2)14-15-8(9)3/h5-6,12H2,1-4H3,(H,13,16)(H,14,15). The van der Waals surface area contributed by atoms with E-state index in [2.05, 4.69) is 15.5 Å². The average molecular weight is 224 g/mol. The number of carbonyl (C=O) groups is 1. The van der Waals surface area contributed by atoms with E-state index in [1.165, 1.54) is 0 Å². The van der Waals surface area contributed by atoms with Crippen molar-refractivity contribution in [3.05, 3.63) is 11.4 Å². The molecule has 1 aromatic heterocycles. The Balaban J connectivity index is 2.79. The highest BCUT2D eigenvalue weighted by molar-refractivity contribution is 5.98. The van der Waals surface area contributed by atoms with Crippen molar-refractivity contribution >= 4 is 11.6 Å². The molecule has 0 saturated heterocycles. The van der Waals surface area contributed by atoms with Crippen LogP contribution in [0.4, 0.5) is 5.69 Å². The summed E-state index contributed by atoms with van der Waals surface area (Å²) >= 11 is 0. The third-order valence-electron chi connectivity index (χ3n) is 2.65. The van der Waals surface area contributed by atoms with Gasteiger partial charge < -0.3 is 11.1 Å². The van der Waals surface area contributed by atoms with Crippen molar-refractivity contribution in [2.45, 2.75) is 46.1 Å². The lowest BCUT2D eigenvalue weighted by molar-refractivity contribution is -0.120. The van der Waals surface area contributed by atoms with Crippen LogP contribution in [-0.4, -0.2) is 21.6 Å². The number of hydrogen-bond acceptors (Lipinski definition) is 3. The van der Waals surface area contributed by atoms with Gasteiger partial charge in [-0.25, -0.2) is 0 Å². The summed E-state index contributed by atoms with van der Waals surface area (Å²) in [5.74, 6) is -0.165. The smallest absolute Gasteiger partial charge is 0.244 e. The van der Waals surface area contributed by atoms with Gasteiger partial charge in [-0.2, -0.15) is 5.10 Å². The summed E-state index contributed by atoms with van der Waals surface area (Å²) in [4.78, 5) is 11.9. The fourth-order valence-corrected chi connectivity index (χ4v) is 1.62. The molecule has 0 aliphatic heterocycles. The average Bonchev–Trinajstić information content (AvgIpc) is 2.49. The monoisotopic (exact) mass is 224 g/mol. The van der Waals surface area contributed by atoms with Crippen LogP contribution in [0.1, 0.15) is 38.1 Å². The number of aryl methyl sites for hydroxylation is 2. The van der Waals surface area contributed by atoms with Gasteiger partial charge in [0.1, 0.15) is 0 Å². The van der Waals surface area contributed by atoms with Crippen molar-refractivity contribution in [2.24, 2.45) is 5.73 Å². The van der Waals surface area contributed by atoms with E-state index in [0.717, 1.165) is 23.5 Å². The highest BCUT2D eigenvalue weighted by Crippen LogP contribution is 2.19. The number of carbonyl (C=O) groups excluding carboxylic acids is 1. The molecule has 5 nitrogen and oxygen atoms in total. The predicted molar refractivity (Wildman–Crippen MR) is 64.2 cm³/mol. The van der Waals surface area contributed by atoms with Gasteiger partial charge in [-0.3, -0.25) is 9.89 Å². The van der Waals surface area contributed by atoms with Crippen molar-refractivity contribution < 1.29 is 4.79 Å². The van der Waals surface area contributed by atoms with Crippen molar-refractivity contribution in [1.82, 2.24) is 10.2 Å². The van der Waals surface area contributed by atoms with Crippen LogP contribution in [0.3, 0.4) is 0 Å². The molecule has 1 aromatic rings. The number of anilines is 1. The van der Waals surface area contributed by atoms with Crippen molar-refractivity contribution in [3.8, 4) is 0 Å². The van der Waals surface area contributed by atoms with Crippen LogP contribution >= 0.6 is 0 Å². The van der Waals surface area contributed by atoms with Gasteiger partial charge in [0.15, 0.2) is 0 Å². The van der Waals surface area contributed by atoms with E-state index in [0.29, 0.717) is 6.42 Å². The third-order valence-corrected chi connectivity index (χ3v) is 2.65. The van der Waals surface area contributed by atoms with Crippen LogP contribution in [0.2, 0.25) is 0 Å². The summed E-state index contributed by atoms with van der Waals surface area (Å²) in [5.41, 5.74) is 7.47. The summed E-state index contributed by atoms with van der Waals surface area (Å²) in [7, 11) is 0. The first-order valence-corrected chi connectivity index (χ1v) is 5.50. The van der Waals surface area contributed by atoms with Gasteiger partial charge in [-0.1, -0.05) is 13.3 Å². The number of amides is 1. The minimum absolute atomic E-state index is 0.165. The minimum Gasteiger partial charge on any atom is -0.321 e. The number of aromatic nitrogens is 2. The van der Waals surface area contributed by atoms with Crippen molar-refractivity contribution in [2.75, 3.05) is 5.32 Å². The number of hydrogen-bond donors (Lipinski definition) is 3. The predicted octanol–water partition coefficient (Wildman–Crippen LogP) is 1.48. The molecule has 90 valence electrons. The zero-order valence-electron chi connectivity index (χ0n) is 10.3. The van der Waals surface area contributed by atoms with Crippen LogP contribution in [0, 0.1) is 13.8 Å². The van der Waals surface area contributed by atoms with Gasteiger partial charge in [0, 0.05) is 0 Å². The van der Waals surface area contributed by atoms with Crippen LogP contribution < -0.4 is 11.1 Å². The fraction of sp³-hybridized carbons (Fsp3) is 0.636. The molecule has 0 aromatic carbocycles. The molecular weight excluding hydrogens is 204 g/mol. The first kappa shape index (κ1) is 12.7. The third kappa shape index (κ3) is 2.61. The van der Waals surface area contributed by atoms with Crippen molar-refractivity contribution in [1.29, 1.82) is 0 Å². The topological polar surface area (TPSA) is 83.8 Å². The Hall–Kier alpha value is -1.36. The molecule has 1 unspecified atom stereocenters. The summed E-state index contributed by atoms with van der Waals surface area (Å²) in [5, 5.41) is 9.66. The molecule has 0 bridgehead atoms. The fourth-order valence-electron chi connectivity index (χ4n) is 1.62. The Morgan fingerprint density at radius 3 is 2.62 bits per heavy atom. The SMILES string of the molecule is CCCC(C)(N)C(=O)Nc1c(C)n[nH]c1C. The lowest BCUT2D eigenvalue weighted by Crippen LogP contribution is -2.48. The van der Waals surface area contributed by atoms with Crippen LogP contribution in [0.25, 0.3) is 0 Å². The molecule has 0 saturated carbocycles. The van der Waals surface area contributed by atoms with E-state index >= 15 is 0 Å². The second kappa shape index (κ2) is 4.65. The zero-order valence-corrected chi connectivity index (χ0v) is 10.3. The number of aromatic amines is 1. The molecular formula is C11H20N4O. The Morgan fingerprint density at radius 2 is 2.19 bits per heavy atom. The number of rotatable bonds is 4. The second-order valence-corrected chi connectivity index (χ2v) is 4.43. The molecule has 5 heteroatoms. The lowest BCUT2D eigenvalue weighted by Gasteiger charge is -2.22. The Kier molecular flexibility index (Phi) is 3.70. The normalized spacial score (nSPS) is 14.6. The van der Waals surface area contributed by atoms with Crippen molar-refractivity contribution in [3.63, 3.8) is 0 Å². The first-order chi connectivity index (χ1) is 7.38. The molecule has 1 amide bonds. The summed E-state index contributed by atoms with van der Waals surface area (Å²) < 4.78 is 0. The van der Waals surface area contributed by atoms with Gasteiger partial charge in [0.2, 0.25) is 5.91 Å². The Bertz CT molecular complexity index is 362. The van der Waals surface area contributed by atoms with Crippen LogP contribution in [0.5, 0.6) is 0 Å². The first-order valence-electron chi connectivity index (χ1n) is 5.50. The maximum Gasteiger partial charge on any atom is 0.244 e. The number of H-pyrrole nitrogens is 1. The van der Waals surface area contributed by atoms with Gasteiger partial charge in [-0.05, 0) is 27.2 Å². The minimum atomic E-state index is -0.828. The molecule has 16 heavy (non-hydrogen) atoms. The Labute approximate surface area is 95.8 Å². The Morgan fingerprint density at radius 1 is 1.56 bits per heavy atom. The number of nitrogens with one attached hydrogen (secondary N) is 2. The van der Waals surface area contributed by atoms with E-state index in [9.17, 15) is 4.79 Å². The molecule has 0 radical (unpaired) electrons. The molecule has 0 fully saturated rings. The molecule has 0 aliphatic carbocycles.